The first kappa shape index (κ1) is 17.0. The number of pyridine rings is 1. The van der Waals surface area contributed by atoms with E-state index in [1.165, 1.54) is 0 Å². The Morgan fingerprint density at radius 2 is 1.96 bits per heavy atom. The average Bonchev–Trinajstić information content (AvgIpc) is 2.60. The SMILES string of the molecule is CCOC(=O)N1CCN(Cc2nc3ccccc3c(C)c2Cl)CC1. The van der Waals surface area contributed by atoms with Crippen LogP contribution >= 0.6 is 11.6 Å². The number of nitrogens with zero attached hydrogens (tertiary/aromatic N) is 3. The summed E-state index contributed by atoms with van der Waals surface area (Å²) in [6.45, 7) is 7.89. The number of piperazine rings is 1. The number of para-hydroxylation sites is 1. The smallest absolute Gasteiger partial charge is 0.409 e. The van der Waals surface area contributed by atoms with Crippen molar-refractivity contribution >= 4 is 28.6 Å². The molecule has 1 aliphatic heterocycles. The zero-order valence-electron chi connectivity index (χ0n) is 14.1. The van der Waals surface area contributed by atoms with Crippen molar-refractivity contribution in [3.8, 4) is 0 Å². The third kappa shape index (κ3) is 3.47. The maximum Gasteiger partial charge on any atom is 0.409 e. The van der Waals surface area contributed by atoms with Crippen LogP contribution in [0.2, 0.25) is 5.02 Å². The Morgan fingerprint density at radius 3 is 2.67 bits per heavy atom. The maximum atomic E-state index is 11.8. The van der Waals surface area contributed by atoms with Crippen LogP contribution < -0.4 is 0 Å². The lowest BCUT2D eigenvalue weighted by Gasteiger charge is -2.34. The minimum Gasteiger partial charge on any atom is -0.450 e. The zero-order chi connectivity index (χ0) is 17.1. The summed E-state index contributed by atoms with van der Waals surface area (Å²) in [5.74, 6) is 0. The van der Waals surface area contributed by atoms with Gasteiger partial charge in [0.05, 0.1) is 22.8 Å². The van der Waals surface area contributed by atoms with E-state index < -0.39 is 0 Å². The Hall–Kier alpha value is -1.85. The summed E-state index contributed by atoms with van der Waals surface area (Å²) in [4.78, 5) is 20.5. The van der Waals surface area contributed by atoms with Gasteiger partial charge in [0, 0.05) is 38.1 Å². The molecule has 0 saturated carbocycles. The summed E-state index contributed by atoms with van der Waals surface area (Å²) >= 11 is 6.54. The van der Waals surface area contributed by atoms with Crippen molar-refractivity contribution in [2.24, 2.45) is 0 Å². The van der Waals surface area contributed by atoms with E-state index in [-0.39, 0.29) is 6.09 Å². The van der Waals surface area contributed by atoms with Crippen LogP contribution in [0.3, 0.4) is 0 Å². The largest absolute Gasteiger partial charge is 0.450 e. The van der Waals surface area contributed by atoms with Gasteiger partial charge in [0.1, 0.15) is 0 Å². The Morgan fingerprint density at radius 1 is 1.25 bits per heavy atom. The lowest BCUT2D eigenvalue weighted by Crippen LogP contribution is -2.48. The number of ether oxygens (including phenoxy) is 1. The molecule has 1 aromatic carbocycles. The summed E-state index contributed by atoms with van der Waals surface area (Å²) < 4.78 is 5.05. The highest BCUT2D eigenvalue weighted by atomic mass is 35.5. The van der Waals surface area contributed by atoms with Gasteiger partial charge in [0.15, 0.2) is 0 Å². The van der Waals surface area contributed by atoms with E-state index in [1.54, 1.807) is 4.90 Å². The van der Waals surface area contributed by atoms with E-state index in [4.69, 9.17) is 21.3 Å². The molecule has 0 spiro atoms. The van der Waals surface area contributed by atoms with E-state index in [1.807, 2.05) is 38.1 Å². The minimum absolute atomic E-state index is 0.227. The lowest BCUT2D eigenvalue weighted by atomic mass is 10.1. The molecule has 24 heavy (non-hydrogen) atoms. The monoisotopic (exact) mass is 347 g/mol. The van der Waals surface area contributed by atoms with E-state index in [9.17, 15) is 4.79 Å². The molecule has 2 aromatic rings. The molecule has 0 bridgehead atoms. The summed E-state index contributed by atoms with van der Waals surface area (Å²) in [5.41, 5.74) is 2.94. The first-order chi connectivity index (χ1) is 11.6. The first-order valence-corrected chi connectivity index (χ1v) is 8.65. The Kier molecular flexibility index (Phi) is 5.21. The fourth-order valence-corrected chi connectivity index (χ4v) is 3.24. The number of hydrogen-bond donors (Lipinski definition) is 0. The van der Waals surface area contributed by atoms with Gasteiger partial charge >= 0.3 is 6.09 Å². The molecule has 0 aliphatic carbocycles. The standard InChI is InChI=1S/C18H22ClN3O2/c1-3-24-18(23)22-10-8-21(9-11-22)12-16-17(19)13(2)14-6-4-5-7-15(14)20-16/h4-7H,3,8-12H2,1-2H3. The van der Waals surface area contributed by atoms with Gasteiger partial charge < -0.3 is 9.64 Å². The second-order valence-corrected chi connectivity index (χ2v) is 6.35. The lowest BCUT2D eigenvalue weighted by molar-refractivity contribution is 0.0775. The number of carbonyl (C=O) groups excluding carboxylic acids is 1. The van der Waals surface area contributed by atoms with Crippen molar-refractivity contribution in [2.45, 2.75) is 20.4 Å². The molecule has 5 nitrogen and oxygen atoms in total. The van der Waals surface area contributed by atoms with Gasteiger partial charge in [0.25, 0.3) is 0 Å². The summed E-state index contributed by atoms with van der Waals surface area (Å²) in [6, 6.07) is 8.05. The quantitative estimate of drug-likeness (QED) is 0.852. The molecule has 0 unspecified atom stereocenters. The van der Waals surface area contributed by atoms with Crippen LogP contribution in [-0.2, 0) is 11.3 Å². The van der Waals surface area contributed by atoms with Crippen molar-refractivity contribution in [1.29, 1.82) is 0 Å². The minimum atomic E-state index is -0.227. The van der Waals surface area contributed by atoms with Crippen LogP contribution in [0.4, 0.5) is 4.79 Å². The van der Waals surface area contributed by atoms with Crippen LogP contribution in [-0.4, -0.2) is 53.7 Å². The molecule has 2 heterocycles. The van der Waals surface area contributed by atoms with Crippen molar-refractivity contribution in [1.82, 2.24) is 14.8 Å². The predicted octanol–water partition coefficient (Wildman–Crippen LogP) is 3.47. The second-order valence-electron chi connectivity index (χ2n) is 5.98. The second kappa shape index (κ2) is 7.36. The van der Waals surface area contributed by atoms with Gasteiger partial charge in [-0.1, -0.05) is 29.8 Å². The van der Waals surface area contributed by atoms with Crippen LogP contribution in [0.25, 0.3) is 10.9 Å². The molecule has 3 rings (SSSR count). The van der Waals surface area contributed by atoms with Crippen molar-refractivity contribution in [2.75, 3.05) is 32.8 Å². The number of carbonyl (C=O) groups is 1. The maximum absolute atomic E-state index is 11.8. The highest BCUT2D eigenvalue weighted by Gasteiger charge is 2.23. The average molecular weight is 348 g/mol. The number of rotatable bonds is 3. The van der Waals surface area contributed by atoms with E-state index >= 15 is 0 Å². The molecular weight excluding hydrogens is 326 g/mol. The molecule has 0 N–H and O–H groups in total. The van der Waals surface area contributed by atoms with E-state index in [0.717, 1.165) is 40.3 Å². The summed E-state index contributed by atoms with van der Waals surface area (Å²) in [6.07, 6.45) is -0.227. The molecule has 6 heteroatoms. The molecule has 1 saturated heterocycles. The predicted molar refractivity (Wildman–Crippen MR) is 95.4 cm³/mol. The Bertz CT molecular complexity index is 742. The highest BCUT2D eigenvalue weighted by molar-refractivity contribution is 6.32. The van der Waals surface area contributed by atoms with E-state index in [2.05, 4.69) is 4.90 Å². The molecule has 0 atom stereocenters. The number of fused-ring (bicyclic) bond motifs is 1. The van der Waals surface area contributed by atoms with Crippen molar-refractivity contribution in [3.63, 3.8) is 0 Å². The normalized spacial score (nSPS) is 15.7. The molecule has 1 fully saturated rings. The van der Waals surface area contributed by atoms with Crippen LogP contribution in [0, 0.1) is 6.92 Å². The number of aryl methyl sites for hydroxylation is 1. The van der Waals surface area contributed by atoms with Gasteiger partial charge in [-0.2, -0.15) is 0 Å². The Labute approximate surface area is 147 Å². The highest BCUT2D eigenvalue weighted by Crippen LogP contribution is 2.27. The molecule has 128 valence electrons. The number of benzene rings is 1. The molecule has 1 aromatic heterocycles. The van der Waals surface area contributed by atoms with Gasteiger partial charge in [-0.25, -0.2) is 9.78 Å². The first-order valence-electron chi connectivity index (χ1n) is 8.28. The van der Waals surface area contributed by atoms with Gasteiger partial charge in [0.2, 0.25) is 0 Å². The third-order valence-corrected chi connectivity index (χ3v) is 4.92. The van der Waals surface area contributed by atoms with Crippen LogP contribution in [0.5, 0.6) is 0 Å². The number of halogens is 1. The molecule has 1 amide bonds. The summed E-state index contributed by atoms with van der Waals surface area (Å²) in [5, 5.41) is 1.83. The summed E-state index contributed by atoms with van der Waals surface area (Å²) in [7, 11) is 0. The van der Waals surface area contributed by atoms with E-state index in [0.29, 0.717) is 26.2 Å². The number of aromatic nitrogens is 1. The number of amides is 1. The van der Waals surface area contributed by atoms with Gasteiger partial charge in [-0.05, 0) is 25.5 Å². The molecule has 0 radical (unpaired) electrons. The van der Waals surface area contributed by atoms with Crippen molar-refractivity contribution in [3.05, 3.63) is 40.5 Å². The topological polar surface area (TPSA) is 45.7 Å². The zero-order valence-corrected chi connectivity index (χ0v) is 14.8. The fraction of sp³-hybridized carbons (Fsp3) is 0.444. The molecule has 1 aliphatic rings. The van der Waals surface area contributed by atoms with Crippen molar-refractivity contribution < 1.29 is 9.53 Å². The fourth-order valence-electron chi connectivity index (χ4n) is 3.04. The molecular formula is C18H22ClN3O2. The van der Waals surface area contributed by atoms with Gasteiger partial charge in [-0.3, -0.25) is 4.90 Å². The van der Waals surface area contributed by atoms with Crippen LogP contribution in [0.15, 0.2) is 24.3 Å². The Balaban J connectivity index is 1.70. The van der Waals surface area contributed by atoms with Crippen LogP contribution in [0.1, 0.15) is 18.2 Å². The number of hydrogen-bond acceptors (Lipinski definition) is 4. The third-order valence-electron chi connectivity index (χ3n) is 4.42. The van der Waals surface area contributed by atoms with Gasteiger partial charge in [-0.15, -0.1) is 0 Å².